The molecule has 0 unspecified atom stereocenters. The fraction of sp³-hybridized carbons (Fsp3) is 0.500. The number of carbonyl (C=O) groups excluding carboxylic acids is 1. The Balaban J connectivity index is 2.40. The summed E-state index contributed by atoms with van der Waals surface area (Å²) in [7, 11) is 0. The Morgan fingerprint density at radius 2 is 2.18 bits per heavy atom. The van der Waals surface area contributed by atoms with Gasteiger partial charge < -0.3 is 14.8 Å². The molecule has 1 heterocycles. The van der Waals surface area contributed by atoms with Gasteiger partial charge in [-0.1, -0.05) is 13.8 Å². The number of nitrogens with one attached hydrogen (secondary N) is 1. The molecular weight excluding hydrogens is 222 g/mol. The first kappa shape index (κ1) is 13.3. The molecule has 1 atom stereocenters. The van der Waals surface area contributed by atoms with Gasteiger partial charge in [0.15, 0.2) is 0 Å². The fourth-order valence-corrected chi connectivity index (χ4v) is 1.45. The average Bonchev–Trinajstić information content (AvgIpc) is 2.74. The molecule has 0 saturated carbocycles. The maximum absolute atomic E-state index is 11.5. The lowest BCUT2D eigenvalue weighted by atomic mass is 10.0. The molecule has 0 spiro atoms. The zero-order chi connectivity index (χ0) is 12.8. The summed E-state index contributed by atoms with van der Waals surface area (Å²) >= 11 is 0. The third kappa shape index (κ3) is 4.30. The van der Waals surface area contributed by atoms with Crippen LogP contribution >= 0.6 is 0 Å². The highest BCUT2D eigenvalue weighted by Gasteiger charge is 2.23. The number of rotatable bonds is 6. The minimum Gasteiger partial charge on any atom is -0.480 e. The van der Waals surface area contributed by atoms with Gasteiger partial charge in [-0.05, 0) is 18.1 Å². The van der Waals surface area contributed by atoms with Crippen LogP contribution in [0.3, 0.4) is 0 Å². The van der Waals surface area contributed by atoms with Crippen LogP contribution in [0.25, 0.3) is 0 Å². The maximum atomic E-state index is 11.5. The van der Waals surface area contributed by atoms with Gasteiger partial charge in [0.25, 0.3) is 0 Å². The fourth-order valence-electron chi connectivity index (χ4n) is 1.45. The molecule has 1 rings (SSSR count). The second kappa shape index (κ2) is 6.08. The summed E-state index contributed by atoms with van der Waals surface area (Å²) in [5.74, 6) is -0.703. The third-order valence-electron chi connectivity index (χ3n) is 2.43. The molecule has 94 valence electrons. The van der Waals surface area contributed by atoms with Crippen LogP contribution in [0.4, 0.5) is 0 Å². The van der Waals surface area contributed by atoms with Crippen LogP contribution in [0.15, 0.2) is 22.8 Å². The molecule has 0 aliphatic heterocycles. The van der Waals surface area contributed by atoms with Crippen molar-refractivity contribution in [1.82, 2.24) is 5.32 Å². The van der Waals surface area contributed by atoms with Crippen molar-refractivity contribution in [1.29, 1.82) is 0 Å². The van der Waals surface area contributed by atoms with Crippen LogP contribution < -0.4 is 5.32 Å². The molecule has 0 aliphatic rings. The van der Waals surface area contributed by atoms with Gasteiger partial charge in [0.05, 0.1) is 6.26 Å². The van der Waals surface area contributed by atoms with Crippen LogP contribution in [0.1, 0.15) is 26.0 Å². The lowest BCUT2D eigenvalue weighted by molar-refractivity contribution is -0.143. The number of hydrogen-bond donors (Lipinski definition) is 2. The van der Waals surface area contributed by atoms with E-state index >= 15 is 0 Å². The van der Waals surface area contributed by atoms with E-state index in [4.69, 9.17) is 9.52 Å². The Morgan fingerprint density at radius 3 is 2.65 bits per heavy atom. The number of amides is 1. The van der Waals surface area contributed by atoms with Gasteiger partial charge in [-0.2, -0.15) is 0 Å². The predicted molar refractivity (Wildman–Crippen MR) is 61.4 cm³/mol. The number of furan rings is 1. The highest BCUT2D eigenvalue weighted by molar-refractivity contribution is 5.83. The monoisotopic (exact) mass is 239 g/mol. The molecule has 0 aromatic carbocycles. The molecular formula is C12H17NO4. The molecule has 0 fully saturated rings. The predicted octanol–water partition coefficient (Wildman–Crippen LogP) is 1.44. The smallest absolute Gasteiger partial charge is 0.326 e. The number of hydrogen-bond acceptors (Lipinski definition) is 3. The van der Waals surface area contributed by atoms with Gasteiger partial charge in [0.2, 0.25) is 5.91 Å². The summed E-state index contributed by atoms with van der Waals surface area (Å²) in [6.07, 6.45) is 2.24. The first-order valence-corrected chi connectivity index (χ1v) is 5.55. The van der Waals surface area contributed by atoms with Crippen LogP contribution in [0.5, 0.6) is 0 Å². The van der Waals surface area contributed by atoms with E-state index in [0.717, 1.165) is 5.76 Å². The molecule has 0 aliphatic carbocycles. The number of aryl methyl sites for hydroxylation is 1. The zero-order valence-electron chi connectivity index (χ0n) is 9.97. The van der Waals surface area contributed by atoms with Crippen LogP contribution in [0.2, 0.25) is 0 Å². The SMILES string of the molecule is CC(C)[C@@H](NC(=O)CCc1ccco1)C(=O)O. The maximum Gasteiger partial charge on any atom is 0.326 e. The average molecular weight is 239 g/mol. The first-order chi connectivity index (χ1) is 8.00. The van der Waals surface area contributed by atoms with Crippen molar-refractivity contribution >= 4 is 11.9 Å². The number of aliphatic carboxylic acids is 1. The van der Waals surface area contributed by atoms with Crippen molar-refractivity contribution in [3.8, 4) is 0 Å². The molecule has 2 N–H and O–H groups in total. The molecule has 1 aromatic rings. The van der Waals surface area contributed by atoms with Crippen molar-refractivity contribution in [2.45, 2.75) is 32.7 Å². The van der Waals surface area contributed by atoms with Crippen LogP contribution in [-0.4, -0.2) is 23.0 Å². The van der Waals surface area contributed by atoms with Gasteiger partial charge in [0, 0.05) is 12.8 Å². The van der Waals surface area contributed by atoms with E-state index in [1.807, 2.05) is 0 Å². The summed E-state index contributed by atoms with van der Waals surface area (Å²) in [6, 6.07) is 2.70. The Hall–Kier alpha value is -1.78. The third-order valence-corrected chi connectivity index (χ3v) is 2.43. The van der Waals surface area contributed by atoms with E-state index in [0.29, 0.717) is 6.42 Å². The molecule has 0 radical (unpaired) electrons. The van der Waals surface area contributed by atoms with Crippen LogP contribution in [-0.2, 0) is 16.0 Å². The van der Waals surface area contributed by atoms with E-state index in [1.165, 1.54) is 0 Å². The summed E-state index contributed by atoms with van der Waals surface area (Å²) < 4.78 is 5.09. The van der Waals surface area contributed by atoms with Gasteiger partial charge in [-0.15, -0.1) is 0 Å². The minimum atomic E-state index is -1.01. The highest BCUT2D eigenvalue weighted by Crippen LogP contribution is 2.05. The highest BCUT2D eigenvalue weighted by atomic mass is 16.4. The Morgan fingerprint density at radius 1 is 1.47 bits per heavy atom. The zero-order valence-corrected chi connectivity index (χ0v) is 9.97. The summed E-state index contributed by atoms with van der Waals surface area (Å²) in [5.41, 5.74) is 0. The standard InChI is InChI=1S/C12H17NO4/c1-8(2)11(12(15)16)13-10(14)6-5-9-4-3-7-17-9/h3-4,7-8,11H,5-6H2,1-2H3,(H,13,14)(H,15,16)/t11-/m1/s1. The summed E-state index contributed by atoms with van der Waals surface area (Å²) in [6.45, 7) is 3.51. The molecule has 1 amide bonds. The van der Waals surface area contributed by atoms with Gasteiger partial charge >= 0.3 is 5.97 Å². The summed E-state index contributed by atoms with van der Waals surface area (Å²) in [4.78, 5) is 22.4. The van der Waals surface area contributed by atoms with E-state index in [2.05, 4.69) is 5.32 Å². The van der Waals surface area contributed by atoms with Crippen molar-refractivity contribution in [3.63, 3.8) is 0 Å². The van der Waals surface area contributed by atoms with Crippen LogP contribution in [0, 0.1) is 5.92 Å². The summed E-state index contributed by atoms with van der Waals surface area (Å²) in [5, 5.41) is 11.4. The molecule has 5 nitrogen and oxygen atoms in total. The van der Waals surface area contributed by atoms with Gasteiger partial charge in [-0.3, -0.25) is 4.79 Å². The van der Waals surface area contributed by atoms with Gasteiger partial charge in [-0.25, -0.2) is 4.79 Å². The minimum absolute atomic E-state index is 0.139. The normalized spacial score (nSPS) is 12.4. The van der Waals surface area contributed by atoms with E-state index in [-0.39, 0.29) is 18.2 Å². The largest absolute Gasteiger partial charge is 0.480 e. The second-order valence-corrected chi connectivity index (χ2v) is 4.21. The van der Waals surface area contributed by atoms with Crippen molar-refractivity contribution < 1.29 is 19.1 Å². The van der Waals surface area contributed by atoms with Crippen molar-refractivity contribution in [2.75, 3.05) is 0 Å². The van der Waals surface area contributed by atoms with Gasteiger partial charge in [0.1, 0.15) is 11.8 Å². The quantitative estimate of drug-likeness (QED) is 0.787. The number of carboxylic acids is 1. The molecule has 17 heavy (non-hydrogen) atoms. The Kier molecular flexibility index (Phi) is 4.75. The van der Waals surface area contributed by atoms with E-state index < -0.39 is 12.0 Å². The topological polar surface area (TPSA) is 79.5 Å². The lowest BCUT2D eigenvalue weighted by Crippen LogP contribution is -2.44. The second-order valence-electron chi connectivity index (χ2n) is 4.21. The lowest BCUT2D eigenvalue weighted by Gasteiger charge is -2.17. The number of carbonyl (C=O) groups is 2. The van der Waals surface area contributed by atoms with E-state index in [9.17, 15) is 9.59 Å². The number of carboxylic acid groups (broad SMARTS) is 1. The van der Waals surface area contributed by atoms with Crippen molar-refractivity contribution in [3.05, 3.63) is 24.2 Å². The molecule has 0 saturated heterocycles. The van der Waals surface area contributed by atoms with E-state index in [1.54, 1.807) is 32.2 Å². The molecule has 1 aromatic heterocycles. The Labute approximate surface area is 99.8 Å². The molecule has 5 heteroatoms. The first-order valence-electron chi connectivity index (χ1n) is 5.55. The molecule has 0 bridgehead atoms. The van der Waals surface area contributed by atoms with Crippen molar-refractivity contribution in [2.24, 2.45) is 5.92 Å². The Bertz CT molecular complexity index is 370.